The third-order valence-corrected chi connectivity index (χ3v) is 7.37. The summed E-state index contributed by atoms with van der Waals surface area (Å²) in [6.45, 7) is 3.63. The molecule has 3 rings (SSSR count). The summed E-state index contributed by atoms with van der Waals surface area (Å²) in [7, 11) is 0. The molecule has 2 aromatic rings. The Bertz CT molecular complexity index is 1170. The van der Waals surface area contributed by atoms with Crippen molar-refractivity contribution in [2.45, 2.75) is 84.0 Å². The molecule has 3 amide bonds. The summed E-state index contributed by atoms with van der Waals surface area (Å²) in [4.78, 5) is 39.8. The Kier molecular flexibility index (Phi) is 10.7. The Morgan fingerprint density at radius 3 is 2.35 bits per heavy atom. The molecule has 0 bridgehead atoms. The van der Waals surface area contributed by atoms with E-state index in [1.807, 2.05) is 6.92 Å². The fraction of sp³-hybridized carbons (Fsp3) is 0.571. The lowest BCUT2D eigenvalue weighted by Crippen LogP contribution is -2.49. The van der Waals surface area contributed by atoms with Crippen molar-refractivity contribution in [3.8, 4) is 0 Å². The van der Waals surface area contributed by atoms with Gasteiger partial charge in [-0.15, -0.1) is 0 Å². The van der Waals surface area contributed by atoms with Crippen LogP contribution in [-0.4, -0.2) is 57.7 Å². The van der Waals surface area contributed by atoms with Crippen LogP contribution in [0.2, 0.25) is 0 Å². The smallest absolute Gasteiger partial charge is 0.339 e. The van der Waals surface area contributed by atoms with Gasteiger partial charge >= 0.3 is 6.18 Å². The van der Waals surface area contributed by atoms with E-state index < -0.39 is 48.2 Å². The van der Waals surface area contributed by atoms with Crippen LogP contribution in [0.25, 0.3) is 0 Å². The van der Waals surface area contributed by atoms with Gasteiger partial charge in [-0.25, -0.2) is 4.39 Å². The maximum absolute atomic E-state index is 15.1. The summed E-state index contributed by atoms with van der Waals surface area (Å²) in [5.41, 5.74) is 0.347. The largest absolute Gasteiger partial charge is 0.406 e. The maximum atomic E-state index is 15.1. The number of nitrogens with zero attached hydrogens (tertiary/aromatic N) is 3. The van der Waals surface area contributed by atoms with E-state index in [1.54, 1.807) is 6.07 Å². The Labute approximate surface area is 231 Å². The zero-order valence-corrected chi connectivity index (χ0v) is 23.1. The Morgan fingerprint density at radius 2 is 1.77 bits per heavy atom. The standard InChI is InChI=1S/C28H37F4N5O3/c1-4-36(17-28(30,31)32)27(40)18(3)20-12-13-22(21(29)16-20)34-26(39)24(19-10-8-6-7-9-11-19)35-25(38)23-14-15-33-37(23)5-2/h12-16,18-19,24H,4-11,17H2,1-3H3,(H,34,39)(H,35,38)/t18?,24-/m0/s1. The van der Waals surface area contributed by atoms with Gasteiger partial charge in [0, 0.05) is 19.3 Å². The predicted octanol–water partition coefficient (Wildman–Crippen LogP) is 5.26. The molecule has 1 saturated carbocycles. The zero-order chi connectivity index (χ0) is 29.4. The molecule has 12 heteroatoms. The Morgan fingerprint density at radius 1 is 1.10 bits per heavy atom. The molecule has 40 heavy (non-hydrogen) atoms. The molecular formula is C28H37F4N5O3. The highest BCUT2D eigenvalue weighted by Crippen LogP contribution is 2.28. The number of likely N-dealkylation sites (N-methyl/N-ethyl adjacent to an activating group) is 1. The molecule has 2 atom stereocenters. The molecule has 1 aromatic carbocycles. The number of benzene rings is 1. The molecule has 1 fully saturated rings. The van der Waals surface area contributed by atoms with Crippen LogP contribution in [0.1, 0.15) is 81.3 Å². The van der Waals surface area contributed by atoms with Gasteiger partial charge in [-0.2, -0.15) is 18.3 Å². The van der Waals surface area contributed by atoms with Crippen LogP contribution in [0.3, 0.4) is 0 Å². The summed E-state index contributed by atoms with van der Waals surface area (Å²) >= 11 is 0. The number of rotatable bonds is 10. The Balaban J connectivity index is 1.78. The summed E-state index contributed by atoms with van der Waals surface area (Å²) in [5, 5.41) is 9.52. The predicted molar refractivity (Wildman–Crippen MR) is 142 cm³/mol. The first kappa shape index (κ1) is 31.1. The number of amides is 3. The highest BCUT2D eigenvalue weighted by atomic mass is 19.4. The highest BCUT2D eigenvalue weighted by molar-refractivity contribution is 6.00. The topological polar surface area (TPSA) is 96.3 Å². The Hall–Kier alpha value is -3.44. The van der Waals surface area contributed by atoms with Crippen molar-refractivity contribution in [3.05, 3.63) is 47.5 Å². The molecule has 0 spiro atoms. The molecule has 1 aliphatic carbocycles. The highest BCUT2D eigenvalue weighted by Gasteiger charge is 2.35. The van der Waals surface area contributed by atoms with Crippen LogP contribution >= 0.6 is 0 Å². The van der Waals surface area contributed by atoms with Crippen molar-refractivity contribution >= 4 is 23.4 Å². The first-order valence-electron chi connectivity index (χ1n) is 13.7. The second kappa shape index (κ2) is 13.8. The third kappa shape index (κ3) is 8.04. The summed E-state index contributed by atoms with van der Waals surface area (Å²) < 4.78 is 55.2. The van der Waals surface area contributed by atoms with E-state index in [1.165, 1.54) is 36.9 Å². The number of halogens is 4. The van der Waals surface area contributed by atoms with E-state index in [0.29, 0.717) is 17.1 Å². The number of anilines is 1. The van der Waals surface area contributed by atoms with Crippen molar-refractivity contribution in [1.29, 1.82) is 0 Å². The lowest BCUT2D eigenvalue weighted by Gasteiger charge is -2.27. The van der Waals surface area contributed by atoms with Gasteiger partial charge in [0.2, 0.25) is 11.8 Å². The lowest BCUT2D eigenvalue weighted by molar-refractivity contribution is -0.161. The number of alkyl halides is 3. The fourth-order valence-corrected chi connectivity index (χ4v) is 5.13. The van der Waals surface area contributed by atoms with E-state index in [-0.39, 0.29) is 23.7 Å². The molecule has 1 aliphatic rings. The molecule has 1 unspecified atom stereocenters. The first-order chi connectivity index (χ1) is 18.9. The summed E-state index contributed by atoms with van der Waals surface area (Å²) in [5.74, 6) is -3.80. The molecule has 0 aliphatic heterocycles. The maximum Gasteiger partial charge on any atom is 0.406 e. The van der Waals surface area contributed by atoms with Gasteiger partial charge in [0.1, 0.15) is 24.1 Å². The van der Waals surface area contributed by atoms with Gasteiger partial charge in [-0.1, -0.05) is 31.7 Å². The van der Waals surface area contributed by atoms with Gasteiger partial charge in [0.15, 0.2) is 0 Å². The van der Waals surface area contributed by atoms with Gasteiger partial charge in [-0.3, -0.25) is 19.1 Å². The summed E-state index contributed by atoms with van der Waals surface area (Å²) in [6, 6.07) is 4.38. The second-order valence-corrected chi connectivity index (χ2v) is 10.2. The average Bonchev–Trinajstić information content (AvgIpc) is 3.24. The average molecular weight is 568 g/mol. The summed E-state index contributed by atoms with van der Waals surface area (Å²) in [6.07, 6.45) is 2.32. The molecular weight excluding hydrogens is 530 g/mol. The van der Waals surface area contributed by atoms with Crippen LogP contribution in [0.5, 0.6) is 0 Å². The van der Waals surface area contributed by atoms with E-state index in [0.717, 1.165) is 44.6 Å². The monoisotopic (exact) mass is 567 g/mol. The normalized spacial score (nSPS) is 16.1. The SMILES string of the molecule is CCN(CC(F)(F)F)C(=O)C(C)c1ccc(NC(=O)[C@@H](NC(=O)c2ccnn2CC)C2CCCCCC2)c(F)c1. The fourth-order valence-electron chi connectivity index (χ4n) is 5.13. The number of aryl methyl sites for hydroxylation is 1. The van der Waals surface area contributed by atoms with Crippen molar-refractivity contribution in [1.82, 2.24) is 20.0 Å². The number of aromatic nitrogens is 2. The second-order valence-electron chi connectivity index (χ2n) is 10.2. The van der Waals surface area contributed by atoms with E-state index in [2.05, 4.69) is 15.7 Å². The van der Waals surface area contributed by atoms with Crippen molar-refractivity contribution in [2.24, 2.45) is 5.92 Å². The molecule has 1 aromatic heterocycles. The number of carbonyl (C=O) groups is 3. The van der Waals surface area contributed by atoms with Crippen LogP contribution in [0.4, 0.5) is 23.2 Å². The van der Waals surface area contributed by atoms with Crippen LogP contribution < -0.4 is 10.6 Å². The van der Waals surface area contributed by atoms with Crippen molar-refractivity contribution in [2.75, 3.05) is 18.4 Å². The van der Waals surface area contributed by atoms with E-state index >= 15 is 4.39 Å². The molecule has 2 N–H and O–H groups in total. The van der Waals surface area contributed by atoms with Gasteiger partial charge in [0.25, 0.3) is 5.91 Å². The van der Waals surface area contributed by atoms with Gasteiger partial charge in [-0.05, 0) is 63.3 Å². The lowest BCUT2D eigenvalue weighted by atomic mass is 9.90. The van der Waals surface area contributed by atoms with Gasteiger partial charge < -0.3 is 15.5 Å². The minimum Gasteiger partial charge on any atom is -0.339 e. The molecule has 0 saturated heterocycles. The minimum atomic E-state index is -4.55. The zero-order valence-electron chi connectivity index (χ0n) is 23.1. The van der Waals surface area contributed by atoms with Crippen LogP contribution in [0.15, 0.2) is 30.5 Å². The van der Waals surface area contributed by atoms with E-state index in [4.69, 9.17) is 0 Å². The molecule has 8 nitrogen and oxygen atoms in total. The number of hydrogen-bond acceptors (Lipinski definition) is 4. The molecule has 220 valence electrons. The van der Waals surface area contributed by atoms with Crippen LogP contribution in [-0.2, 0) is 16.1 Å². The first-order valence-corrected chi connectivity index (χ1v) is 13.7. The van der Waals surface area contributed by atoms with Gasteiger partial charge in [0.05, 0.1) is 11.6 Å². The van der Waals surface area contributed by atoms with Crippen LogP contribution in [0, 0.1) is 11.7 Å². The van der Waals surface area contributed by atoms with Crippen molar-refractivity contribution in [3.63, 3.8) is 0 Å². The number of nitrogens with one attached hydrogen (secondary N) is 2. The van der Waals surface area contributed by atoms with E-state index in [9.17, 15) is 27.6 Å². The molecule has 1 heterocycles. The quantitative estimate of drug-likeness (QED) is 0.302. The molecule has 0 radical (unpaired) electrons. The minimum absolute atomic E-state index is 0.141. The third-order valence-electron chi connectivity index (χ3n) is 7.37. The van der Waals surface area contributed by atoms with Crippen molar-refractivity contribution < 1.29 is 31.9 Å². The number of carbonyl (C=O) groups excluding carboxylic acids is 3. The number of hydrogen-bond donors (Lipinski definition) is 2.